The number of carbonyl (C=O) groups is 3. The molecule has 1 aliphatic heterocycles. The molecule has 0 spiro atoms. The summed E-state index contributed by atoms with van der Waals surface area (Å²) in [6.07, 6.45) is 46.0. The molecule has 1 heterocycles. The molecular weight excluding hydrogens is 735 g/mol. The van der Waals surface area contributed by atoms with E-state index in [4.69, 9.17) is 4.74 Å². The molecular formula is C50H91N5O4. The molecule has 0 radical (unpaired) electrons. The number of hydrogen-bond acceptors (Lipinski definition) is 7. The van der Waals surface area contributed by atoms with Crippen molar-refractivity contribution in [1.29, 1.82) is 0 Å². The van der Waals surface area contributed by atoms with Crippen LogP contribution in [0.15, 0.2) is 48.6 Å². The smallest absolute Gasteiger partial charge is 0.330 e. The van der Waals surface area contributed by atoms with E-state index in [1.807, 2.05) is 0 Å². The van der Waals surface area contributed by atoms with Crippen LogP contribution in [0.25, 0.3) is 0 Å². The summed E-state index contributed by atoms with van der Waals surface area (Å²) in [7, 11) is 4.19. The first-order valence-corrected chi connectivity index (χ1v) is 24.3. The van der Waals surface area contributed by atoms with E-state index in [2.05, 4.69) is 102 Å². The largest absolute Gasteiger partial charge is 0.464 e. The minimum atomic E-state index is -0.876. The molecule has 1 saturated heterocycles. The summed E-state index contributed by atoms with van der Waals surface area (Å²) in [6, 6.07) is -0.876. The molecule has 9 heteroatoms. The number of nitrogens with one attached hydrogen (secondary N) is 2. The Balaban J connectivity index is 2.35. The molecule has 0 aliphatic carbocycles. The Labute approximate surface area is 363 Å². The number of nitrogens with zero attached hydrogens (tertiary/aromatic N) is 3. The van der Waals surface area contributed by atoms with Crippen LogP contribution in [0.1, 0.15) is 181 Å². The second kappa shape index (κ2) is 40.6. The first kappa shape index (κ1) is 54.3. The van der Waals surface area contributed by atoms with Crippen LogP contribution in [-0.2, 0) is 19.1 Å². The third-order valence-corrected chi connectivity index (χ3v) is 10.9. The number of rotatable bonds is 39. The topological polar surface area (TPSA) is 94.2 Å². The van der Waals surface area contributed by atoms with Crippen molar-refractivity contribution in [2.45, 2.75) is 187 Å². The number of esters is 1. The molecule has 9 nitrogen and oxygen atoms in total. The predicted molar refractivity (Wildman–Crippen MR) is 250 cm³/mol. The summed E-state index contributed by atoms with van der Waals surface area (Å²) in [6.45, 7) is 10.8. The average molecular weight is 826 g/mol. The lowest BCUT2D eigenvalue weighted by atomic mass is 10.1. The molecule has 1 rings (SSSR count). The Morgan fingerprint density at radius 1 is 0.559 bits per heavy atom. The minimum absolute atomic E-state index is 0.0540. The molecule has 0 aromatic carbocycles. The number of unbranched alkanes of at least 4 members (excludes halogenated alkanes) is 17. The van der Waals surface area contributed by atoms with Gasteiger partial charge in [-0.15, -0.1) is 0 Å². The highest BCUT2D eigenvalue weighted by molar-refractivity contribution is 5.85. The number of amides is 2. The van der Waals surface area contributed by atoms with E-state index in [1.54, 1.807) is 0 Å². The van der Waals surface area contributed by atoms with Crippen LogP contribution in [-0.4, -0.2) is 105 Å². The lowest BCUT2D eigenvalue weighted by Crippen LogP contribution is -2.49. The van der Waals surface area contributed by atoms with Gasteiger partial charge in [-0.05, 0) is 104 Å². The first-order chi connectivity index (χ1) is 28.8. The van der Waals surface area contributed by atoms with Crippen LogP contribution >= 0.6 is 0 Å². The van der Waals surface area contributed by atoms with Gasteiger partial charge in [0.2, 0.25) is 11.8 Å². The van der Waals surface area contributed by atoms with Crippen LogP contribution in [0, 0.1) is 0 Å². The highest BCUT2D eigenvalue weighted by Crippen LogP contribution is 2.11. The first-order valence-electron chi connectivity index (χ1n) is 24.3. The van der Waals surface area contributed by atoms with Gasteiger partial charge in [0, 0.05) is 45.6 Å². The fourth-order valence-corrected chi connectivity index (χ4v) is 7.24. The van der Waals surface area contributed by atoms with Crippen molar-refractivity contribution in [2.75, 3.05) is 66.6 Å². The zero-order valence-corrected chi connectivity index (χ0v) is 38.7. The SMILES string of the molecule is CCCCC/C=C\C/C=C\CCCCCCCCOC(=O)C(CNC(=O)CCCN1CCN(CN(C)C)CC1)NC(=O)CCCCCCC/C=C\C/C=C\CCCCC. The van der Waals surface area contributed by atoms with Gasteiger partial charge < -0.3 is 20.3 Å². The van der Waals surface area contributed by atoms with E-state index in [0.29, 0.717) is 19.4 Å². The second-order valence-corrected chi connectivity index (χ2v) is 16.9. The quantitative estimate of drug-likeness (QED) is 0.0362. The summed E-state index contributed by atoms with van der Waals surface area (Å²) in [5.41, 5.74) is 0. The third-order valence-electron chi connectivity index (χ3n) is 10.9. The minimum Gasteiger partial charge on any atom is -0.464 e. The average Bonchev–Trinajstić information content (AvgIpc) is 3.22. The Hall–Kier alpha value is -2.75. The molecule has 2 N–H and O–H groups in total. The van der Waals surface area contributed by atoms with Crippen LogP contribution in [0.5, 0.6) is 0 Å². The van der Waals surface area contributed by atoms with Crippen molar-refractivity contribution in [2.24, 2.45) is 0 Å². The van der Waals surface area contributed by atoms with Gasteiger partial charge in [-0.3, -0.25) is 19.4 Å². The summed E-state index contributed by atoms with van der Waals surface area (Å²) in [4.78, 5) is 46.0. The molecule has 1 atom stereocenters. The highest BCUT2D eigenvalue weighted by atomic mass is 16.5. The van der Waals surface area contributed by atoms with Crippen LogP contribution in [0.3, 0.4) is 0 Å². The number of piperazine rings is 1. The van der Waals surface area contributed by atoms with E-state index in [1.165, 1.54) is 77.0 Å². The number of allylic oxidation sites excluding steroid dienone is 8. The maximum Gasteiger partial charge on any atom is 0.330 e. The Kier molecular flexibility index (Phi) is 37.4. The maximum absolute atomic E-state index is 13.2. The highest BCUT2D eigenvalue weighted by Gasteiger charge is 2.23. The number of carbonyl (C=O) groups excluding carboxylic acids is 3. The van der Waals surface area contributed by atoms with Gasteiger partial charge in [-0.2, -0.15) is 0 Å². The third kappa shape index (κ3) is 35.7. The molecule has 1 fully saturated rings. The zero-order chi connectivity index (χ0) is 42.9. The molecule has 0 bridgehead atoms. The van der Waals surface area contributed by atoms with Crippen molar-refractivity contribution in [3.05, 3.63) is 48.6 Å². The van der Waals surface area contributed by atoms with E-state index < -0.39 is 12.0 Å². The van der Waals surface area contributed by atoms with Gasteiger partial charge in [0.1, 0.15) is 6.04 Å². The summed E-state index contributed by atoms with van der Waals surface area (Å²) in [5.74, 6) is -0.715. The van der Waals surface area contributed by atoms with Crippen molar-refractivity contribution in [1.82, 2.24) is 25.3 Å². The second-order valence-electron chi connectivity index (χ2n) is 16.9. The standard InChI is InChI=1S/C50H91N5O4/c1-5-7-9-11-13-15-17-19-21-23-25-27-29-31-33-35-44-59-50(58)47(45-51-48(56)38-36-39-54-40-42-55(43-41-54)46-53(3)4)52-49(57)37-34-32-30-28-26-24-22-20-18-16-14-12-10-8-6-2/h13-16,19-22,47H,5-12,17-18,23-46H2,1-4H3,(H,51,56)(H,52,57)/b15-13-,16-14-,21-19-,22-20-. The van der Waals surface area contributed by atoms with Gasteiger partial charge in [-0.1, -0.05) is 133 Å². The molecule has 0 aromatic rings. The lowest BCUT2D eigenvalue weighted by Gasteiger charge is -2.35. The van der Waals surface area contributed by atoms with Gasteiger partial charge in [-0.25, -0.2) is 4.79 Å². The molecule has 1 unspecified atom stereocenters. The molecule has 0 saturated carbocycles. The van der Waals surface area contributed by atoms with Crippen LogP contribution in [0.4, 0.5) is 0 Å². The van der Waals surface area contributed by atoms with Crippen molar-refractivity contribution in [3.8, 4) is 0 Å². The normalized spacial score (nSPS) is 14.7. The molecule has 0 aromatic heterocycles. The summed E-state index contributed by atoms with van der Waals surface area (Å²) < 4.78 is 5.64. The van der Waals surface area contributed by atoms with Crippen molar-refractivity contribution in [3.63, 3.8) is 0 Å². The Morgan fingerprint density at radius 3 is 1.54 bits per heavy atom. The number of hydrogen-bond donors (Lipinski definition) is 2. The van der Waals surface area contributed by atoms with Gasteiger partial charge in [0.05, 0.1) is 13.3 Å². The summed E-state index contributed by atoms with van der Waals surface area (Å²) >= 11 is 0. The Bertz CT molecular complexity index is 1130. The number of ether oxygens (including phenoxy) is 1. The van der Waals surface area contributed by atoms with Crippen LogP contribution < -0.4 is 10.6 Å². The van der Waals surface area contributed by atoms with Gasteiger partial charge in [0.25, 0.3) is 0 Å². The van der Waals surface area contributed by atoms with E-state index in [0.717, 1.165) is 116 Å². The monoisotopic (exact) mass is 826 g/mol. The molecule has 340 valence electrons. The van der Waals surface area contributed by atoms with Crippen molar-refractivity contribution < 1.29 is 19.1 Å². The van der Waals surface area contributed by atoms with E-state index >= 15 is 0 Å². The fraction of sp³-hybridized carbons (Fsp3) is 0.780. The predicted octanol–water partition coefficient (Wildman–Crippen LogP) is 10.7. The summed E-state index contributed by atoms with van der Waals surface area (Å²) in [5, 5.41) is 5.80. The molecule has 59 heavy (non-hydrogen) atoms. The Morgan fingerprint density at radius 2 is 1.02 bits per heavy atom. The van der Waals surface area contributed by atoms with Gasteiger partial charge in [0.15, 0.2) is 0 Å². The van der Waals surface area contributed by atoms with Gasteiger partial charge >= 0.3 is 5.97 Å². The molecule has 2 amide bonds. The lowest BCUT2D eigenvalue weighted by molar-refractivity contribution is -0.148. The van der Waals surface area contributed by atoms with E-state index in [-0.39, 0.29) is 18.4 Å². The zero-order valence-electron chi connectivity index (χ0n) is 38.7. The van der Waals surface area contributed by atoms with Crippen molar-refractivity contribution >= 4 is 17.8 Å². The van der Waals surface area contributed by atoms with Crippen LogP contribution in [0.2, 0.25) is 0 Å². The molecule has 1 aliphatic rings. The van der Waals surface area contributed by atoms with E-state index in [9.17, 15) is 14.4 Å². The fourth-order valence-electron chi connectivity index (χ4n) is 7.24. The maximum atomic E-state index is 13.2.